The van der Waals surface area contributed by atoms with Crippen molar-refractivity contribution < 1.29 is 0 Å². The summed E-state index contributed by atoms with van der Waals surface area (Å²) in [4.78, 5) is 0. The van der Waals surface area contributed by atoms with Gasteiger partial charge in [-0.15, -0.1) is 0 Å². The zero-order chi connectivity index (χ0) is 14.9. The average Bonchev–Trinajstić information content (AvgIpc) is 3.22. The van der Waals surface area contributed by atoms with Crippen molar-refractivity contribution in [3.63, 3.8) is 0 Å². The molecular formula is C20H38. The molecule has 0 bridgehead atoms. The van der Waals surface area contributed by atoms with E-state index in [1.165, 1.54) is 44.9 Å². The SMILES string of the molecule is CCC(CC(C)CCC1CC1(C)C)CC1C(C)C1CC. The topological polar surface area (TPSA) is 0 Å². The lowest BCUT2D eigenvalue weighted by molar-refractivity contribution is 0.315. The first kappa shape index (κ1) is 16.4. The number of hydrogen-bond donors (Lipinski definition) is 0. The van der Waals surface area contributed by atoms with Crippen LogP contribution in [0.25, 0.3) is 0 Å². The highest BCUT2D eigenvalue weighted by atomic mass is 14.5. The fourth-order valence-corrected chi connectivity index (χ4v) is 4.76. The maximum Gasteiger partial charge on any atom is -0.0323 e. The zero-order valence-corrected chi connectivity index (χ0v) is 14.9. The second-order valence-electron chi connectivity index (χ2n) is 8.91. The van der Waals surface area contributed by atoms with Crippen LogP contribution in [-0.4, -0.2) is 0 Å². The molecule has 0 heteroatoms. The van der Waals surface area contributed by atoms with Gasteiger partial charge in [-0.05, 0) is 66.6 Å². The van der Waals surface area contributed by atoms with Gasteiger partial charge in [-0.2, -0.15) is 0 Å². The molecule has 0 aromatic rings. The van der Waals surface area contributed by atoms with Gasteiger partial charge in [0.2, 0.25) is 0 Å². The second-order valence-corrected chi connectivity index (χ2v) is 8.91. The minimum Gasteiger partial charge on any atom is -0.0651 e. The first-order valence-electron chi connectivity index (χ1n) is 9.39. The molecule has 2 rings (SSSR count). The Balaban J connectivity index is 1.65. The summed E-state index contributed by atoms with van der Waals surface area (Å²) in [5.74, 6) is 6.15. The van der Waals surface area contributed by atoms with Crippen LogP contribution in [0.1, 0.15) is 86.5 Å². The van der Waals surface area contributed by atoms with Gasteiger partial charge in [-0.3, -0.25) is 0 Å². The smallest absolute Gasteiger partial charge is 0.0323 e. The van der Waals surface area contributed by atoms with E-state index in [0.29, 0.717) is 5.41 Å². The molecule has 0 aliphatic heterocycles. The van der Waals surface area contributed by atoms with Crippen LogP contribution in [0.5, 0.6) is 0 Å². The van der Waals surface area contributed by atoms with Crippen LogP contribution in [0, 0.1) is 40.9 Å². The third-order valence-corrected chi connectivity index (χ3v) is 6.88. The molecule has 2 aliphatic carbocycles. The van der Waals surface area contributed by atoms with E-state index in [0.717, 1.165) is 35.5 Å². The van der Waals surface area contributed by atoms with E-state index in [-0.39, 0.29) is 0 Å². The normalized spacial score (nSPS) is 37.5. The standard InChI is InChI=1S/C20H38/c1-7-16(12-19-15(4)18(19)8-2)11-14(3)9-10-17-13-20(17,5)6/h14-19H,7-13H2,1-6H3. The molecule has 118 valence electrons. The van der Waals surface area contributed by atoms with Gasteiger partial charge in [-0.25, -0.2) is 0 Å². The molecule has 2 saturated carbocycles. The van der Waals surface area contributed by atoms with Gasteiger partial charge in [0.15, 0.2) is 0 Å². The molecule has 0 saturated heterocycles. The fourth-order valence-electron chi connectivity index (χ4n) is 4.76. The maximum atomic E-state index is 2.51. The van der Waals surface area contributed by atoms with Crippen molar-refractivity contribution in [2.24, 2.45) is 40.9 Å². The minimum atomic E-state index is 0.682. The Bertz CT molecular complexity index is 303. The van der Waals surface area contributed by atoms with Crippen LogP contribution in [0.4, 0.5) is 0 Å². The fraction of sp³-hybridized carbons (Fsp3) is 1.00. The third-order valence-electron chi connectivity index (χ3n) is 6.88. The van der Waals surface area contributed by atoms with E-state index in [4.69, 9.17) is 0 Å². The maximum absolute atomic E-state index is 2.51. The van der Waals surface area contributed by atoms with Crippen molar-refractivity contribution in [2.75, 3.05) is 0 Å². The Morgan fingerprint density at radius 1 is 1.15 bits per heavy atom. The summed E-state index contributed by atoms with van der Waals surface area (Å²) in [5, 5.41) is 0. The molecule has 6 unspecified atom stereocenters. The first-order chi connectivity index (χ1) is 9.39. The summed E-state index contributed by atoms with van der Waals surface area (Å²) < 4.78 is 0. The van der Waals surface area contributed by atoms with Gasteiger partial charge in [0, 0.05) is 0 Å². The minimum absolute atomic E-state index is 0.682. The largest absolute Gasteiger partial charge is 0.0651 e. The van der Waals surface area contributed by atoms with Crippen molar-refractivity contribution in [3.05, 3.63) is 0 Å². The van der Waals surface area contributed by atoms with Crippen molar-refractivity contribution >= 4 is 0 Å². The average molecular weight is 279 g/mol. The lowest BCUT2D eigenvalue weighted by Crippen LogP contribution is -2.08. The molecular weight excluding hydrogens is 240 g/mol. The molecule has 0 radical (unpaired) electrons. The van der Waals surface area contributed by atoms with Crippen molar-refractivity contribution in [1.82, 2.24) is 0 Å². The van der Waals surface area contributed by atoms with E-state index < -0.39 is 0 Å². The molecule has 0 aromatic heterocycles. The Morgan fingerprint density at radius 2 is 1.80 bits per heavy atom. The molecule has 0 spiro atoms. The Hall–Kier alpha value is 0. The highest BCUT2D eigenvalue weighted by Gasteiger charge is 2.46. The van der Waals surface area contributed by atoms with Crippen LogP contribution in [-0.2, 0) is 0 Å². The molecule has 0 aromatic carbocycles. The predicted molar refractivity (Wildman–Crippen MR) is 89.7 cm³/mol. The third kappa shape index (κ3) is 4.01. The van der Waals surface area contributed by atoms with Crippen molar-refractivity contribution in [1.29, 1.82) is 0 Å². The van der Waals surface area contributed by atoms with Crippen LogP contribution in [0.2, 0.25) is 0 Å². The van der Waals surface area contributed by atoms with Crippen LogP contribution >= 0.6 is 0 Å². The number of rotatable bonds is 9. The summed E-state index contributed by atoms with van der Waals surface area (Å²) in [5.41, 5.74) is 0.682. The van der Waals surface area contributed by atoms with Crippen molar-refractivity contribution in [2.45, 2.75) is 86.5 Å². The van der Waals surface area contributed by atoms with Gasteiger partial charge >= 0.3 is 0 Å². The molecule has 0 amide bonds. The summed E-state index contributed by atoms with van der Waals surface area (Å²) in [6.07, 6.45) is 10.3. The molecule has 20 heavy (non-hydrogen) atoms. The highest BCUT2D eigenvalue weighted by Crippen LogP contribution is 2.55. The van der Waals surface area contributed by atoms with E-state index in [2.05, 4.69) is 41.5 Å². The molecule has 0 nitrogen and oxygen atoms in total. The van der Waals surface area contributed by atoms with Crippen LogP contribution in [0.3, 0.4) is 0 Å². The molecule has 2 fully saturated rings. The van der Waals surface area contributed by atoms with Crippen molar-refractivity contribution in [3.8, 4) is 0 Å². The Labute approximate surface area is 128 Å². The molecule has 0 heterocycles. The van der Waals surface area contributed by atoms with E-state index in [9.17, 15) is 0 Å². The zero-order valence-electron chi connectivity index (χ0n) is 14.9. The number of hydrogen-bond acceptors (Lipinski definition) is 0. The summed E-state index contributed by atoms with van der Waals surface area (Å²) >= 11 is 0. The van der Waals surface area contributed by atoms with Gasteiger partial charge in [-0.1, -0.05) is 60.8 Å². The lowest BCUT2D eigenvalue weighted by atomic mass is 9.86. The molecule has 2 aliphatic rings. The quantitative estimate of drug-likeness (QED) is 0.449. The van der Waals surface area contributed by atoms with E-state index in [1.54, 1.807) is 0 Å². The van der Waals surface area contributed by atoms with E-state index in [1.807, 2.05) is 0 Å². The monoisotopic (exact) mass is 278 g/mol. The Morgan fingerprint density at radius 3 is 2.25 bits per heavy atom. The van der Waals surface area contributed by atoms with Crippen LogP contribution in [0.15, 0.2) is 0 Å². The van der Waals surface area contributed by atoms with Crippen LogP contribution < -0.4 is 0 Å². The summed E-state index contributed by atoms with van der Waals surface area (Å²) in [7, 11) is 0. The highest BCUT2D eigenvalue weighted by molar-refractivity contribution is 4.95. The first-order valence-corrected chi connectivity index (χ1v) is 9.39. The summed E-state index contributed by atoms with van der Waals surface area (Å²) in [6.45, 7) is 14.7. The summed E-state index contributed by atoms with van der Waals surface area (Å²) in [6, 6.07) is 0. The molecule has 6 atom stereocenters. The Kier molecular flexibility index (Phi) is 5.24. The molecule has 0 N–H and O–H groups in total. The lowest BCUT2D eigenvalue weighted by Gasteiger charge is -2.20. The van der Waals surface area contributed by atoms with Gasteiger partial charge in [0.25, 0.3) is 0 Å². The van der Waals surface area contributed by atoms with Gasteiger partial charge in [0.05, 0.1) is 0 Å². The van der Waals surface area contributed by atoms with Gasteiger partial charge < -0.3 is 0 Å². The second kappa shape index (κ2) is 6.41. The van der Waals surface area contributed by atoms with E-state index >= 15 is 0 Å². The predicted octanol–water partition coefficient (Wildman–Crippen LogP) is 6.55. The van der Waals surface area contributed by atoms with Gasteiger partial charge in [0.1, 0.15) is 0 Å².